The first-order valence-electron chi connectivity index (χ1n) is 5.67. The summed E-state index contributed by atoms with van der Waals surface area (Å²) < 4.78 is 4.70. The van der Waals surface area contributed by atoms with Crippen molar-refractivity contribution in [1.29, 1.82) is 0 Å². The predicted octanol–water partition coefficient (Wildman–Crippen LogP) is 0.320. The highest BCUT2D eigenvalue weighted by molar-refractivity contribution is 5.70. The number of nitrogen functional groups attached to an aromatic ring is 1. The molecular formula is C12H18N2O4. The molecule has 0 saturated carbocycles. The van der Waals surface area contributed by atoms with Crippen molar-refractivity contribution in [2.45, 2.75) is 25.6 Å². The topological polar surface area (TPSA) is 105 Å². The number of carbonyl (C=O) groups excluding carboxylic acids is 1. The third-order valence-electron chi connectivity index (χ3n) is 2.48. The Morgan fingerprint density at radius 2 is 2.11 bits per heavy atom. The number of hydrazine groups is 1. The monoisotopic (exact) mass is 254 g/mol. The van der Waals surface area contributed by atoms with Crippen LogP contribution in [-0.2, 0) is 9.53 Å². The number of nitrogens with two attached hydrogens (primary N) is 1. The van der Waals surface area contributed by atoms with Crippen molar-refractivity contribution in [3.63, 3.8) is 0 Å². The van der Waals surface area contributed by atoms with Crippen LogP contribution in [0.15, 0.2) is 24.3 Å². The highest BCUT2D eigenvalue weighted by Gasteiger charge is 2.23. The van der Waals surface area contributed by atoms with Crippen molar-refractivity contribution in [2.24, 2.45) is 5.84 Å². The second kappa shape index (κ2) is 6.95. The maximum Gasteiger partial charge on any atom is 0.308 e. The van der Waals surface area contributed by atoms with Crippen molar-refractivity contribution in [3.8, 4) is 0 Å². The summed E-state index contributed by atoms with van der Waals surface area (Å²) in [4.78, 5) is 11.2. The number of hydrogen-bond donors (Lipinski definition) is 4. The minimum atomic E-state index is -1.24. The fourth-order valence-electron chi connectivity index (χ4n) is 1.60. The Morgan fingerprint density at radius 3 is 2.72 bits per heavy atom. The van der Waals surface area contributed by atoms with E-state index in [0.717, 1.165) is 0 Å². The van der Waals surface area contributed by atoms with Gasteiger partial charge in [0.25, 0.3) is 0 Å². The fraction of sp³-hybridized carbons (Fsp3) is 0.417. The summed E-state index contributed by atoms with van der Waals surface area (Å²) in [5, 5.41) is 19.7. The summed E-state index contributed by atoms with van der Waals surface area (Å²) in [5.74, 6) is 4.75. The van der Waals surface area contributed by atoms with Gasteiger partial charge in [0, 0.05) is 5.56 Å². The lowest BCUT2D eigenvalue weighted by Crippen LogP contribution is -2.24. The van der Waals surface area contributed by atoms with Gasteiger partial charge in [-0.2, -0.15) is 0 Å². The Morgan fingerprint density at radius 1 is 1.44 bits per heavy atom. The molecule has 6 heteroatoms. The molecule has 100 valence electrons. The van der Waals surface area contributed by atoms with Crippen molar-refractivity contribution in [2.75, 3.05) is 12.0 Å². The number of para-hydroxylation sites is 1. The largest absolute Gasteiger partial charge is 0.466 e. The standard InChI is InChI=1S/C12H18N2O4/c1-2-18-11(16)7-10(15)12(17)8-5-3-4-6-9(8)14-13/h3-6,10,12,14-15,17H,2,7,13H2,1H3. The summed E-state index contributed by atoms with van der Waals surface area (Å²) in [7, 11) is 0. The molecule has 0 aromatic heterocycles. The first-order chi connectivity index (χ1) is 8.60. The lowest BCUT2D eigenvalue weighted by Gasteiger charge is -2.19. The zero-order chi connectivity index (χ0) is 13.5. The molecule has 2 atom stereocenters. The maximum atomic E-state index is 11.2. The molecule has 1 aromatic rings. The summed E-state index contributed by atoms with van der Waals surface area (Å²) in [6, 6.07) is 6.73. The van der Waals surface area contributed by atoms with Gasteiger partial charge in [-0.1, -0.05) is 18.2 Å². The van der Waals surface area contributed by atoms with E-state index in [4.69, 9.17) is 10.6 Å². The van der Waals surface area contributed by atoms with Crippen LogP contribution in [0.1, 0.15) is 25.0 Å². The Bertz CT molecular complexity index is 397. The molecule has 6 nitrogen and oxygen atoms in total. The molecule has 0 fully saturated rings. The van der Waals surface area contributed by atoms with E-state index < -0.39 is 18.2 Å². The van der Waals surface area contributed by atoms with Crippen LogP contribution in [0.3, 0.4) is 0 Å². The van der Waals surface area contributed by atoms with E-state index in [0.29, 0.717) is 11.3 Å². The lowest BCUT2D eigenvalue weighted by atomic mass is 10.0. The number of aliphatic hydroxyl groups excluding tert-OH is 2. The average Bonchev–Trinajstić information content (AvgIpc) is 2.38. The van der Waals surface area contributed by atoms with Gasteiger partial charge in [0.2, 0.25) is 0 Å². The van der Waals surface area contributed by atoms with Crippen LogP contribution in [0.2, 0.25) is 0 Å². The van der Waals surface area contributed by atoms with Gasteiger partial charge in [-0.05, 0) is 13.0 Å². The third-order valence-corrected chi connectivity index (χ3v) is 2.48. The smallest absolute Gasteiger partial charge is 0.308 e. The maximum absolute atomic E-state index is 11.2. The van der Waals surface area contributed by atoms with Gasteiger partial charge in [-0.3, -0.25) is 10.6 Å². The van der Waals surface area contributed by atoms with Gasteiger partial charge in [0.1, 0.15) is 6.10 Å². The number of rotatable bonds is 6. The Balaban J connectivity index is 2.73. The molecule has 0 aliphatic rings. The molecule has 5 N–H and O–H groups in total. The second-order valence-electron chi connectivity index (χ2n) is 3.75. The van der Waals surface area contributed by atoms with Crippen molar-refractivity contribution >= 4 is 11.7 Å². The number of aliphatic hydroxyl groups is 2. The molecule has 0 saturated heterocycles. The molecular weight excluding hydrogens is 236 g/mol. The van der Waals surface area contributed by atoms with Crippen LogP contribution < -0.4 is 11.3 Å². The first-order valence-corrected chi connectivity index (χ1v) is 5.67. The SMILES string of the molecule is CCOC(=O)CC(O)C(O)c1ccccc1NN. The Labute approximate surface area is 105 Å². The average molecular weight is 254 g/mol. The van der Waals surface area contributed by atoms with E-state index in [1.165, 1.54) is 0 Å². The van der Waals surface area contributed by atoms with Crippen molar-refractivity contribution in [1.82, 2.24) is 0 Å². The van der Waals surface area contributed by atoms with E-state index in [9.17, 15) is 15.0 Å². The van der Waals surface area contributed by atoms with Crippen LogP contribution in [0.4, 0.5) is 5.69 Å². The lowest BCUT2D eigenvalue weighted by molar-refractivity contribution is -0.147. The third kappa shape index (κ3) is 3.69. The van der Waals surface area contributed by atoms with Crippen LogP contribution in [0, 0.1) is 0 Å². The second-order valence-corrected chi connectivity index (χ2v) is 3.75. The number of ether oxygens (including phenoxy) is 1. The molecule has 0 amide bonds. The van der Waals surface area contributed by atoms with Crippen LogP contribution in [0.5, 0.6) is 0 Å². The predicted molar refractivity (Wildman–Crippen MR) is 66.5 cm³/mol. The number of carbonyl (C=O) groups is 1. The van der Waals surface area contributed by atoms with E-state index in [2.05, 4.69) is 5.43 Å². The molecule has 2 unspecified atom stereocenters. The Kier molecular flexibility index (Phi) is 5.57. The van der Waals surface area contributed by atoms with Crippen molar-refractivity contribution < 1.29 is 19.7 Å². The molecule has 1 aromatic carbocycles. The molecule has 0 heterocycles. The zero-order valence-electron chi connectivity index (χ0n) is 10.2. The van der Waals surface area contributed by atoms with E-state index in [1.54, 1.807) is 31.2 Å². The molecule has 0 aliphatic carbocycles. The van der Waals surface area contributed by atoms with Gasteiger partial charge >= 0.3 is 5.97 Å². The van der Waals surface area contributed by atoms with Gasteiger partial charge in [0.05, 0.1) is 24.8 Å². The van der Waals surface area contributed by atoms with E-state index in [-0.39, 0.29) is 13.0 Å². The van der Waals surface area contributed by atoms with Gasteiger partial charge in [-0.15, -0.1) is 0 Å². The summed E-state index contributed by atoms with van der Waals surface area (Å²) >= 11 is 0. The zero-order valence-corrected chi connectivity index (χ0v) is 10.2. The molecule has 0 bridgehead atoms. The molecule has 0 spiro atoms. The van der Waals surface area contributed by atoms with E-state index >= 15 is 0 Å². The highest BCUT2D eigenvalue weighted by Crippen LogP contribution is 2.25. The van der Waals surface area contributed by atoms with Gasteiger partial charge in [0.15, 0.2) is 0 Å². The number of anilines is 1. The molecule has 0 radical (unpaired) electrons. The quantitative estimate of drug-likeness (QED) is 0.331. The summed E-state index contributed by atoms with van der Waals surface area (Å²) in [5.41, 5.74) is 3.34. The first kappa shape index (κ1) is 14.4. The Hall–Kier alpha value is -1.63. The van der Waals surface area contributed by atoms with Crippen molar-refractivity contribution in [3.05, 3.63) is 29.8 Å². The van der Waals surface area contributed by atoms with E-state index in [1.807, 2.05) is 0 Å². The van der Waals surface area contributed by atoms with Crippen LogP contribution in [0.25, 0.3) is 0 Å². The molecule has 18 heavy (non-hydrogen) atoms. The minimum Gasteiger partial charge on any atom is -0.466 e. The molecule has 1 rings (SSSR count). The van der Waals surface area contributed by atoms with Crippen LogP contribution in [-0.4, -0.2) is 28.9 Å². The fourth-order valence-corrected chi connectivity index (χ4v) is 1.60. The number of benzene rings is 1. The molecule has 0 aliphatic heterocycles. The number of hydrogen-bond acceptors (Lipinski definition) is 6. The highest BCUT2D eigenvalue weighted by atomic mass is 16.5. The number of nitrogens with one attached hydrogen (secondary N) is 1. The van der Waals surface area contributed by atoms with Gasteiger partial charge < -0.3 is 20.4 Å². The summed E-state index contributed by atoms with van der Waals surface area (Å²) in [6.07, 6.45) is -2.71. The van der Waals surface area contributed by atoms with Crippen LogP contribution >= 0.6 is 0 Å². The normalized spacial score (nSPS) is 13.8. The summed E-state index contributed by atoms with van der Waals surface area (Å²) in [6.45, 7) is 1.91. The minimum absolute atomic E-state index is 0.239. The number of esters is 1. The van der Waals surface area contributed by atoms with Gasteiger partial charge in [-0.25, -0.2) is 0 Å².